The van der Waals surface area contributed by atoms with Gasteiger partial charge in [-0.3, -0.25) is 0 Å². The molecule has 0 amide bonds. The number of carboxylic acid groups (broad SMARTS) is 1. The molecule has 2 N–H and O–H groups in total. The first-order chi connectivity index (χ1) is 8.15. The lowest BCUT2D eigenvalue weighted by Gasteiger charge is -2.10. The van der Waals surface area contributed by atoms with Crippen molar-refractivity contribution in [3.8, 4) is 0 Å². The summed E-state index contributed by atoms with van der Waals surface area (Å²) in [7, 11) is 2.15. The van der Waals surface area contributed by atoms with Crippen molar-refractivity contribution in [3.63, 3.8) is 0 Å². The summed E-state index contributed by atoms with van der Waals surface area (Å²) in [5.74, 6) is -0.153. The molecule has 1 aromatic heterocycles. The Morgan fingerprint density at radius 3 is 3.18 bits per heavy atom. The predicted octanol–water partition coefficient (Wildman–Crippen LogP) is 1.59. The smallest absolute Gasteiger partial charge is 0.347 e. The summed E-state index contributed by atoms with van der Waals surface area (Å²) in [6.45, 7) is 3.22. The fraction of sp³-hybridized carbons (Fsp3) is 0.636. The molecule has 0 spiro atoms. The Morgan fingerprint density at radius 2 is 2.59 bits per heavy atom. The van der Waals surface area contributed by atoms with Crippen LogP contribution >= 0.6 is 11.3 Å². The highest BCUT2D eigenvalue weighted by Gasteiger charge is 2.18. The summed E-state index contributed by atoms with van der Waals surface area (Å²) in [5.41, 5.74) is 0. The number of aromatic carboxylic acids is 1. The van der Waals surface area contributed by atoms with Gasteiger partial charge in [0.15, 0.2) is 5.13 Å². The van der Waals surface area contributed by atoms with Crippen LogP contribution in [-0.2, 0) is 0 Å². The largest absolute Gasteiger partial charge is 0.477 e. The summed E-state index contributed by atoms with van der Waals surface area (Å²) < 4.78 is 0. The van der Waals surface area contributed by atoms with E-state index in [1.165, 1.54) is 37.0 Å². The highest BCUT2D eigenvalue weighted by molar-refractivity contribution is 7.17. The minimum Gasteiger partial charge on any atom is -0.477 e. The van der Waals surface area contributed by atoms with Gasteiger partial charge in [0.1, 0.15) is 4.88 Å². The number of rotatable bonds is 5. The Balaban J connectivity index is 1.72. The van der Waals surface area contributed by atoms with E-state index in [-0.39, 0.29) is 4.88 Å². The Morgan fingerprint density at radius 1 is 1.76 bits per heavy atom. The van der Waals surface area contributed by atoms with Crippen molar-refractivity contribution >= 4 is 22.4 Å². The predicted molar refractivity (Wildman–Crippen MR) is 67.8 cm³/mol. The van der Waals surface area contributed by atoms with E-state index in [2.05, 4.69) is 22.2 Å². The Hall–Kier alpha value is -1.14. The Kier molecular flexibility index (Phi) is 3.96. The summed E-state index contributed by atoms with van der Waals surface area (Å²) >= 11 is 1.19. The zero-order valence-corrected chi connectivity index (χ0v) is 10.7. The zero-order valence-electron chi connectivity index (χ0n) is 9.85. The second kappa shape index (κ2) is 5.46. The molecular formula is C11H17N3O2S. The van der Waals surface area contributed by atoms with Gasteiger partial charge in [-0.1, -0.05) is 11.3 Å². The molecule has 5 nitrogen and oxygen atoms in total. The third kappa shape index (κ3) is 3.41. The topological polar surface area (TPSA) is 65.5 Å². The Bertz CT molecular complexity index is 394. The van der Waals surface area contributed by atoms with Crippen molar-refractivity contribution in [1.29, 1.82) is 0 Å². The number of nitrogens with one attached hydrogen (secondary N) is 1. The molecule has 1 aliphatic rings. The maximum Gasteiger partial charge on any atom is 0.347 e. The van der Waals surface area contributed by atoms with E-state index in [1.54, 1.807) is 0 Å². The lowest BCUT2D eigenvalue weighted by atomic mass is 10.1. The van der Waals surface area contributed by atoms with E-state index >= 15 is 0 Å². The first kappa shape index (κ1) is 12.3. The molecule has 1 aromatic rings. The number of thiazole rings is 1. The number of carboxylic acids is 1. The number of hydrogen-bond donors (Lipinski definition) is 2. The lowest BCUT2D eigenvalue weighted by molar-refractivity contribution is 0.0702. The number of anilines is 1. The van der Waals surface area contributed by atoms with Gasteiger partial charge in [-0.2, -0.15) is 0 Å². The lowest BCUT2D eigenvalue weighted by Crippen LogP contribution is -2.15. The van der Waals surface area contributed by atoms with E-state index < -0.39 is 5.97 Å². The number of likely N-dealkylation sites (tertiary alicyclic amines) is 1. The third-order valence-corrected chi connectivity index (χ3v) is 3.98. The minimum absolute atomic E-state index is 0.285. The minimum atomic E-state index is -0.909. The first-order valence-electron chi connectivity index (χ1n) is 5.76. The molecule has 1 saturated heterocycles. The van der Waals surface area contributed by atoms with Gasteiger partial charge in [0.2, 0.25) is 0 Å². The molecule has 17 heavy (non-hydrogen) atoms. The van der Waals surface area contributed by atoms with Crippen molar-refractivity contribution in [2.45, 2.75) is 12.8 Å². The molecule has 1 aliphatic heterocycles. The molecule has 0 bridgehead atoms. The second-order valence-corrected chi connectivity index (χ2v) is 5.50. The number of hydrogen-bond acceptors (Lipinski definition) is 5. The molecule has 1 fully saturated rings. The van der Waals surface area contributed by atoms with Crippen molar-refractivity contribution in [3.05, 3.63) is 11.1 Å². The summed E-state index contributed by atoms with van der Waals surface area (Å²) in [4.78, 5) is 17.3. The van der Waals surface area contributed by atoms with Gasteiger partial charge >= 0.3 is 5.97 Å². The van der Waals surface area contributed by atoms with Gasteiger partial charge < -0.3 is 15.3 Å². The fourth-order valence-electron chi connectivity index (χ4n) is 2.10. The van der Waals surface area contributed by atoms with E-state index in [1.807, 2.05) is 0 Å². The zero-order chi connectivity index (χ0) is 12.3. The van der Waals surface area contributed by atoms with Crippen LogP contribution < -0.4 is 5.32 Å². The third-order valence-electron chi connectivity index (χ3n) is 3.03. The summed E-state index contributed by atoms with van der Waals surface area (Å²) in [6, 6.07) is 0. The van der Waals surface area contributed by atoms with Crippen LogP contribution in [0.25, 0.3) is 0 Å². The van der Waals surface area contributed by atoms with Crippen molar-refractivity contribution in [2.75, 3.05) is 32.0 Å². The molecule has 0 radical (unpaired) electrons. The number of carbonyl (C=O) groups is 1. The van der Waals surface area contributed by atoms with Gasteiger partial charge in [0.05, 0.1) is 6.20 Å². The van der Waals surface area contributed by atoms with E-state index in [9.17, 15) is 4.79 Å². The van der Waals surface area contributed by atoms with E-state index in [4.69, 9.17) is 5.11 Å². The van der Waals surface area contributed by atoms with Crippen LogP contribution in [0.4, 0.5) is 5.13 Å². The first-order valence-corrected chi connectivity index (χ1v) is 6.58. The van der Waals surface area contributed by atoms with Crippen LogP contribution in [0.1, 0.15) is 22.5 Å². The van der Waals surface area contributed by atoms with Gasteiger partial charge in [-0.25, -0.2) is 9.78 Å². The molecule has 2 heterocycles. The SMILES string of the molecule is CN1CCC(CCNc2ncc(C(=O)O)s2)C1. The van der Waals surface area contributed by atoms with Gasteiger partial charge in [-0.05, 0) is 32.4 Å². The molecule has 0 aromatic carbocycles. The van der Waals surface area contributed by atoms with Crippen LogP contribution in [0.2, 0.25) is 0 Å². The van der Waals surface area contributed by atoms with Gasteiger partial charge in [0.25, 0.3) is 0 Å². The van der Waals surface area contributed by atoms with Crippen LogP contribution in [0.15, 0.2) is 6.20 Å². The maximum atomic E-state index is 10.7. The normalized spacial score (nSPS) is 20.6. The van der Waals surface area contributed by atoms with Gasteiger partial charge in [-0.15, -0.1) is 0 Å². The van der Waals surface area contributed by atoms with Crippen LogP contribution in [0.5, 0.6) is 0 Å². The molecule has 1 atom stereocenters. The highest BCUT2D eigenvalue weighted by atomic mass is 32.1. The van der Waals surface area contributed by atoms with E-state index in [0.717, 1.165) is 18.9 Å². The standard InChI is InChI=1S/C11H17N3O2S/c1-14-5-3-8(7-14)2-4-12-11-13-6-9(17-11)10(15)16/h6,8H,2-5,7H2,1H3,(H,12,13)(H,15,16). The molecule has 94 valence electrons. The summed E-state index contributed by atoms with van der Waals surface area (Å²) in [6.07, 6.45) is 3.78. The molecule has 2 rings (SSSR count). The average molecular weight is 255 g/mol. The molecule has 1 unspecified atom stereocenters. The fourth-order valence-corrected chi connectivity index (χ4v) is 2.78. The monoisotopic (exact) mass is 255 g/mol. The molecule has 6 heteroatoms. The Labute approximate surface area is 104 Å². The van der Waals surface area contributed by atoms with Crippen LogP contribution in [-0.4, -0.2) is 47.6 Å². The van der Waals surface area contributed by atoms with Gasteiger partial charge in [0, 0.05) is 13.1 Å². The van der Waals surface area contributed by atoms with Crippen LogP contribution in [0, 0.1) is 5.92 Å². The number of aromatic nitrogens is 1. The highest BCUT2D eigenvalue weighted by Crippen LogP contribution is 2.20. The van der Waals surface area contributed by atoms with Crippen molar-refractivity contribution in [2.24, 2.45) is 5.92 Å². The number of nitrogens with zero attached hydrogens (tertiary/aromatic N) is 2. The molecule has 0 aliphatic carbocycles. The van der Waals surface area contributed by atoms with Crippen LogP contribution in [0.3, 0.4) is 0 Å². The average Bonchev–Trinajstić information content (AvgIpc) is 2.88. The quantitative estimate of drug-likeness (QED) is 0.836. The summed E-state index contributed by atoms with van der Waals surface area (Å²) in [5, 5.41) is 12.7. The molecule has 0 saturated carbocycles. The van der Waals surface area contributed by atoms with E-state index in [0.29, 0.717) is 5.13 Å². The van der Waals surface area contributed by atoms with Crippen molar-refractivity contribution in [1.82, 2.24) is 9.88 Å². The maximum absolute atomic E-state index is 10.7. The van der Waals surface area contributed by atoms with Crippen molar-refractivity contribution < 1.29 is 9.90 Å². The molecular weight excluding hydrogens is 238 g/mol. The second-order valence-electron chi connectivity index (χ2n) is 4.47.